The van der Waals surface area contributed by atoms with Crippen molar-refractivity contribution in [1.29, 1.82) is 0 Å². The summed E-state index contributed by atoms with van der Waals surface area (Å²) in [4.78, 5) is 29.5. The summed E-state index contributed by atoms with van der Waals surface area (Å²) in [7, 11) is 0. The Bertz CT molecular complexity index is 267. The Morgan fingerprint density at radius 3 is 1.65 bits per heavy atom. The van der Waals surface area contributed by atoms with Crippen molar-refractivity contribution in [2.24, 2.45) is 0 Å². The number of unbranched alkanes of at least 4 members (excludes halogenated alkanes) is 1. The molecule has 0 fully saturated rings. The van der Waals surface area contributed by atoms with Gasteiger partial charge in [0.05, 0.1) is 13.2 Å². The molecule has 0 heterocycles. The van der Waals surface area contributed by atoms with Crippen molar-refractivity contribution in [2.75, 3.05) is 18.5 Å². The van der Waals surface area contributed by atoms with Crippen LogP contribution in [0.4, 0.5) is 0 Å². The molecule has 0 aliphatic heterocycles. The second kappa shape index (κ2) is 26.3. The fourth-order valence-corrected chi connectivity index (χ4v) is 1.28. The molecule has 8 nitrogen and oxygen atoms in total. The quantitative estimate of drug-likeness (QED) is 0.181. The third-order valence-electron chi connectivity index (χ3n) is 1.86. The molecule has 0 aliphatic rings. The summed E-state index contributed by atoms with van der Waals surface area (Å²) < 4.78 is 9.39. The first kappa shape index (κ1) is 30.3. The van der Waals surface area contributed by atoms with Gasteiger partial charge in [0.2, 0.25) is 0 Å². The second-order valence-corrected chi connectivity index (χ2v) is 4.54. The molecule has 0 rings (SSSR count). The van der Waals surface area contributed by atoms with Gasteiger partial charge in [0.15, 0.2) is 0 Å². The zero-order chi connectivity index (χ0) is 17.8. The van der Waals surface area contributed by atoms with E-state index in [2.05, 4.69) is 27.6 Å². The van der Waals surface area contributed by atoms with E-state index in [0.717, 1.165) is 24.6 Å². The number of nitrogens with zero attached hydrogens (tertiary/aromatic N) is 1. The topological polar surface area (TPSA) is 116 Å². The van der Waals surface area contributed by atoms with Gasteiger partial charge in [-0.15, -0.1) is 10.1 Å². The first-order valence-corrected chi connectivity index (χ1v) is 8.18. The average molecular weight is 496 g/mol. The Labute approximate surface area is 161 Å². The molecule has 0 aromatic heterocycles. The fraction of sp³-hybridized carbons (Fsp3) is 0.846. The summed E-state index contributed by atoms with van der Waals surface area (Å²) in [5, 5.41) is 14.5. The first-order valence-electron chi connectivity index (χ1n) is 7.05. The number of ether oxygens (including phenoxy) is 2. The maximum absolute atomic E-state index is 10.6. The van der Waals surface area contributed by atoms with E-state index >= 15 is 0 Å². The molecule has 0 unspecified atom stereocenters. The number of carbonyl (C=O) groups is 2. The van der Waals surface area contributed by atoms with E-state index in [1.165, 1.54) is 0 Å². The molecule has 0 saturated heterocycles. The minimum atomic E-state index is -1.50. The molecule has 0 atom stereocenters. The van der Waals surface area contributed by atoms with Gasteiger partial charge in [-0.25, -0.2) is 0 Å². The summed E-state index contributed by atoms with van der Waals surface area (Å²) in [6, 6.07) is 0. The van der Waals surface area contributed by atoms with Crippen LogP contribution >= 0.6 is 15.9 Å². The van der Waals surface area contributed by atoms with Crippen molar-refractivity contribution in [3.05, 3.63) is 10.1 Å². The van der Waals surface area contributed by atoms with Crippen LogP contribution in [-0.4, -0.2) is 40.8 Å². The largest absolute Gasteiger partial charge is 0.466 e. The van der Waals surface area contributed by atoms with Crippen LogP contribution in [0.2, 0.25) is 0 Å². The van der Waals surface area contributed by atoms with Gasteiger partial charge in [-0.1, -0.05) is 29.3 Å². The normalized spacial score (nSPS) is 8.17. The predicted octanol–water partition coefficient (Wildman–Crippen LogP) is 3.11. The smallest absolute Gasteiger partial charge is 0.305 e. The summed E-state index contributed by atoms with van der Waals surface area (Å²) in [6.45, 7) is 6.68. The van der Waals surface area contributed by atoms with E-state index < -0.39 is 5.09 Å². The van der Waals surface area contributed by atoms with Gasteiger partial charge < -0.3 is 14.7 Å². The molecule has 143 valence electrons. The van der Waals surface area contributed by atoms with Gasteiger partial charge in [-0.05, 0) is 26.7 Å². The van der Waals surface area contributed by atoms with Crippen molar-refractivity contribution in [3.8, 4) is 0 Å². The van der Waals surface area contributed by atoms with E-state index in [1.54, 1.807) is 0 Å². The summed E-state index contributed by atoms with van der Waals surface area (Å²) >= 11 is 3.22. The van der Waals surface area contributed by atoms with Crippen LogP contribution in [0.25, 0.3) is 0 Å². The minimum Gasteiger partial charge on any atom is -0.466 e. The van der Waals surface area contributed by atoms with Crippen LogP contribution < -0.4 is 0 Å². The zero-order valence-electron chi connectivity index (χ0n) is 13.7. The maximum atomic E-state index is 10.6. The number of hydrogen-bond donors (Lipinski definition) is 1. The van der Waals surface area contributed by atoms with Crippen molar-refractivity contribution in [2.45, 2.75) is 52.9 Å². The van der Waals surface area contributed by atoms with Crippen molar-refractivity contribution in [1.82, 2.24) is 0 Å². The van der Waals surface area contributed by atoms with Crippen LogP contribution in [0.15, 0.2) is 0 Å². The third-order valence-corrected chi connectivity index (χ3v) is 2.42. The molecule has 23 heavy (non-hydrogen) atoms. The molecule has 0 bridgehead atoms. The molecule has 1 radical (unpaired) electrons. The van der Waals surface area contributed by atoms with E-state index in [0.29, 0.717) is 26.1 Å². The molecule has 0 spiro atoms. The van der Waals surface area contributed by atoms with Crippen molar-refractivity contribution in [3.63, 3.8) is 0 Å². The van der Waals surface area contributed by atoms with Gasteiger partial charge in [-0.2, -0.15) is 0 Å². The standard InChI is InChI=1S/C7H14O2.C6H11BrO2.Ag.HNO3/c1-3-5-6-7(8)9-4-2;1-2-9-6(8)4-3-5-7;;2-1(3)4/h3-6H2,1-2H3;2-5H2,1H3;;(H,2,3,4). The Kier molecular flexibility index (Phi) is 34.6. The number of carbonyl (C=O) groups excluding carboxylic acids is 2. The molecule has 10 heteroatoms. The summed E-state index contributed by atoms with van der Waals surface area (Å²) in [5.74, 6) is -0.170. The van der Waals surface area contributed by atoms with E-state index in [9.17, 15) is 9.59 Å². The molecule has 0 aromatic carbocycles. The summed E-state index contributed by atoms with van der Waals surface area (Å²) in [6.07, 6.45) is 3.96. The van der Waals surface area contributed by atoms with Crippen LogP contribution in [0.1, 0.15) is 52.9 Å². The predicted molar refractivity (Wildman–Crippen MR) is 84.6 cm³/mol. The van der Waals surface area contributed by atoms with Gasteiger partial charge in [0, 0.05) is 40.6 Å². The Morgan fingerprint density at radius 2 is 1.39 bits per heavy atom. The number of rotatable bonds is 8. The summed E-state index contributed by atoms with van der Waals surface area (Å²) in [5.41, 5.74) is 0. The molecule has 0 amide bonds. The van der Waals surface area contributed by atoms with E-state index in [1.807, 2.05) is 13.8 Å². The van der Waals surface area contributed by atoms with E-state index in [-0.39, 0.29) is 34.3 Å². The fourth-order valence-electron chi connectivity index (χ4n) is 0.999. The van der Waals surface area contributed by atoms with Crippen LogP contribution in [-0.2, 0) is 41.4 Å². The maximum Gasteiger partial charge on any atom is 0.305 e. The van der Waals surface area contributed by atoms with Gasteiger partial charge >= 0.3 is 11.9 Å². The zero-order valence-corrected chi connectivity index (χ0v) is 16.7. The molecule has 0 aromatic rings. The second-order valence-electron chi connectivity index (χ2n) is 3.74. The number of halogens is 1. The van der Waals surface area contributed by atoms with Gasteiger partial charge in [0.25, 0.3) is 5.09 Å². The van der Waals surface area contributed by atoms with Crippen LogP contribution in [0.5, 0.6) is 0 Å². The Hall–Kier alpha value is -0.640. The minimum absolute atomic E-state index is 0. The molecular weight excluding hydrogens is 470 g/mol. The third kappa shape index (κ3) is 44.9. The molecule has 0 aliphatic carbocycles. The Balaban J connectivity index is -0.000000124. The molecular formula is C13H26AgBrNO7. The monoisotopic (exact) mass is 494 g/mol. The molecule has 0 saturated carbocycles. The number of esters is 2. The first-order chi connectivity index (χ1) is 10.3. The van der Waals surface area contributed by atoms with Crippen LogP contribution in [0.3, 0.4) is 0 Å². The number of hydrogen-bond acceptors (Lipinski definition) is 6. The SMILES string of the molecule is CCCCC(=O)OCC.CCOC(=O)CCCBr.O=[N+]([O-])O.[Ag]. The van der Waals surface area contributed by atoms with Gasteiger partial charge in [-0.3, -0.25) is 9.59 Å². The van der Waals surface area contributed by atoms with Crippen molar-refractivity contribution < 1.29 is 51.7 Å². The number of alkyl halides is 1. The van der Waals surface area contributed by atoms with Crippen molar-refractivity contribution >= 4 is 27.9 Å². The Morgan fingerprint density at radius 1 is 1.04 bits per heavy atom. The average Bonchev–Trinajstić information content (AvgIpc) is 2.43. The van der Waals surface area contributed by atoms with Crippen LogP contribution in [0, 0.1) is 10.1 Å². The van der Waals surface area contributed by atoms with Gasteiger partial charge in [0.1, 0.15) is 0 Å². The molecule has 1 N–H and O–H groups in total. The van der Waals surface area contributed by atoms with E-state index in [4.69, 9.17) is 20.1 Å².